The predicted octanol–water partition coefficient (Wildman–Crippen LogP) is 2.58. The number of aryl methyl sites for hydroxylation is 1. The van der Waals surface area contributed by atoms with Gasteiger partial charge < -0.3 is 10.4 Å². The molecule has 22 heavy (non-hydrogen) atoms. The van der Waals surface area contributed by atoms with Crippen molar-refractivity contribution < 1.29 is 14.7 Å². The van der Waals surface area contributed by atoms with Crippen LogP contribution in [-0.4, -0.2) is 22.0 Å². The Labute approximate surface area is 133 Å². The lowest BCUT2D eigenvalue weighted by molar-refractivity contribution is -0.137. The van der Waals surface area contributed by atoms with Crippen LogP contribution in [0, 0.1) is 0 Å². The monoisotopic (exact) mass is 318 g/mol. The van der Waals surface area contributed by atoms with Crippen LogP contribution in [0.15, 0.2) is 35.7 Å². The van der Waals surface area contributed by atoms with Crippen LogP contribution in [0.5, 0.6) is 0 Å². The second kappa shape index (κ2) is 7.70. The van der Waals surface area contributed by atoms with Crippen molar-refractivity contribution in [1.29, 1.82) is 0 Å². The van der Waals surface area contributed by atoms with Crippen molar-refractivity contribution in [3.63, 3.8) is 0 Å². The number of carbonyl (C=O) groups excluding carboxylic acids is 1. The molecule has 0 saturated carbocycles. The standard InChI is InChI=1S/C16H18N2O3S/c1-2-15-17-12(10-22-15)8-14(19)18-13(9-16(20)21)11-6-4-3-5-7-11/h3-7,10,13H,2,8-9H2,1H3,(H,18,19)(H,20,21)/t13-/m0/s1. The number of aliphatic carboxylic acids is 1. The summed E-state index contributed by atoms with van der Waals surface area (Å²) in [6.07, 6.45) is 0.865. The third-order valence-electron chi connectivity index (χ3n) is 3.16. The highest BCUT2D eigenvalue weighted by Crippen LogP contribution is 2.17. The van der Waals surface area contributed by atoms with E-state index in [1.54, 1.807) is 0 Å². The Hall–Kier alpha value is -2.21. The number of rotatable bonds is 7. The zero-order valence-corrected chi connectivity index (χ0v) is 13.1. The van der Waals surface area contributed by atoms with Gasteiger partial charge in [0, 0.05) is 5.38 Å². The van der Waals surface area contributed by atoms with E-state index in [1.165, 1.54) is 11.3 Å². The maximum Gasteiger partial charge on any atom is 0.305 e. The van der Waals surface area contributed by atoms with Gasteiger partial charge in [0.1, 0.15) is 0 Å². The fourth-order valence-electron chi connectivity index (χ4n) is 2.11. The second-order valence-electron chi connectivity index (χ2n) is 4.89. The third kappa shape index (κ3) is 4.66. The van der Waals surface area contributed by atoms with E-state index in [0.717, 1.165) is 22.7 Å². The number of hydrogen-bond acceptors (Lipinski definition) is 4. The minimum absolute atomic E-state index is 0.146. The SMILES string of the molecule is CCc1nc(CC(=O)N[C@@H](CC(=O)O)c2ccccc2)cs1. The largest absolute Gasteiger partial charge is 0.481 e. The first kappa shape index (κ1) is 16.2. The summed E-state index contributed by atoms with van der Waals surface area (Å²) in [5, 5.41) is 14.7. The van der Waals surface area contributed by atoms with Gasteiger partial charge in [0.05, 0.1) is 29.6 Å². The van der Waals surface area contributed by atoms with E-state index in [0.29, 0.717) is 0 Å². The summed E-state index contributed by atoms with van der Waals surface area (Å²) in [7, 11) is 0. The Balaban J connectivity index is 2.03. The molecule has 0 fully saturated rings. The van der Waals surface area contributed by atoms with Crippen molar-refractivity contribution in [2.24, 2.45) is 0 Å². The molecule has 2 rings (SSSR count). The summed E-state index contributed by atoms with van der Waals surface area (Å²) in [4.78, 5) is 27.5. The van der Waals surface area contributed by atoms with E-state index in [-0.39, 0.29) is 18.7 Å². The molecule has 2 N–H and O–H groups in total. The highest BCUT2D eigenvalue weighted by molar-refractivity contribution is 7.09. The molecular weight excluding hydrogens is 300 g/mol. The van der Waals surface area contributed by atoms with Crippen LogP contribution >= 0.6 is 11.3 Å². The zero-order chi connectivity index (χ0) is 15.9. The average molecular weight is 318 g/mol. The molecule has 2 aromatic rings. The average Bonchev–Trinajstić information content (AvgIpc) is 2.94. The molecule has 1 aromatic heterocycles. The molecule has 1 amide bonds. The molecule has 116 valence electrons. The molecule has 0 bridgehead atoms. The Kier molecular flexibility index (Phi) is 5.66. The number of carboxylic acids is 1. The van der Waals surface area contributed by atoms with E-state index in [1.807, 2.05) is 42.6 Å². The van der Waals surface area contributed by atoms with Gasteiger partial charge in [0.25, 0.3) is 0 Å². The second-order valence-corrected chi connectivity index (χ2v) is 5.83. The van der Waals surface area contributed by atoms with Crippen LogP contribution in [0.25, 0.3) is 0 Å². The van der Waals surface area contributed by atoms with Crippen LogP contribution in [0.1, 0.15) is 35.7 Å². The molecule has 1 heterocycles. The molecule has 0 saturated heterocycles. The Morgan fingerprint density at radius 1 is 1.32 bits per heavy atom. The van der Waals surface area contributed by atoms with Crippen LogP contribution in [0.3, 0.4) is 0 Å². The van der Waals surface area contributed by atoms with Crippen molar-refractivity contribution in [2.75, 3.05) is 0 Å². The number of carbonyl (C=O) groups is 2. The van der Waals surface area contributed by atoms with E-state index < -0.39 is 12.0 Å². The number of benzene rings is 1. The quantitative estimate of drug-likeness (QED) is 0.822. The first-order valence-corrected chi connectivity index (χ1v) is 7.95. The van der Waals surface area contributed by atoms with E-state index in [4.69, 9.17) is 5.11 Å². The zero-order valence-electron chi connectivity index (χ0n) is 12.3. The molecule has 0 spiro atoms. The highest BCUT2D eigenvalue weighted by atomic mass is 32.1. The lowest BCUT2D eigenvalue weighted by Gasteiger charge is -2.17. The fourth-order valence-corrected chi connectivity index (χ4v) is 2.86. The maximum absolute atomic E-state index is 12.1. The van der Waals surface area contributed by atoms with Gasteiger partial charge in [-0.1, -0.05) is 37.3 Å². The molecular formula is C16H18N2O3S. The first-order chi connectivity index (χ1) is 10.6. The van der Waals surface area contributed by atoms with Crippen LogP contribution in [0.4, 0.5) is 0 Å². The number of amides is 1. The van der Waals surface area contributed by atoms with Gasteiger partial charge in [-0.2, -0.15) is 0 Å². The van der Waals surface area contributed by atoms with Gasteiger partial charge in [-0.3, -0.25) is 9.59 Å². The minimum atomic E-state index is -0.948. The number of thiazole rings is 1. The van der Waals surface area contributed by atoms with E-state index >= 15 is 0 Å². The predicted molar refractivity (Wildman–Crippen MR) is 84.8 cm³/mol. The Morgan fingerprint density at radius 2 is 2.05 bits per heavy atom. The summed E-state index contributed by atoms with van der Waals surface area (Å²) < 4.78 is 0. The van der Waals surface area contributed by atoms with Gasteiger partial charge in [0.15, 0.2) is 0 Å². The molecule has 1 aromatic carbocycles. The molecule has 0 radical (unpaired) electrons. The number of aromatic nitrogens is 1. The number of carboxylic acid groups (broad SMARTS) is 1. The summed E-state index contributed by atoms with van der Waals surface area (Å²) >= 11 is 1.53. The lowest BCUT2D eigenvalue weighted by Crippen LogP contribution is -2.31. The molecule has 0 aliphatic heterocycles. The minimum Gasteiger partial charge on any atom is -0.481 e. The Morgan fingerprint density at radius 3 is 2.64 bits per heavy atom. The molecule has 6 heteroatoms. The smallest absolute Gasteiger partial charge is 0.305 e. The van der Waals surface area contributed by atoms with Gasteiger partial charge in [-0.15, -0.1) is 11.3 Å². The van der Waals surface area contributed by atoms with Gasteiger partial charge >= 0.3 is 5.97 Å². The normalized spacial score (nSPS) is 11.9. The maximum atomic E-state index is 12.1. The topological polar surface area (TPSA) is 79.3 Å². The molecule has 0 aliphatic carbocycles. The molecule has 0 unspecified atom stereocenters. The van der Waals surface area contributed by atoms with Crippen molar-refractivity contribution >= 4 is 23.2 Å². The van der Waals surface area contributed by atoms with Gasteiger partial charge in [0.2, 0.25) is 5.91 Å². The molecule has 1 atom stereocenters. The summed E-state index contributed by atoms with van der Waals surface area (Å²) in [5.74, 6) is -1.17. The summed E-state index contributed by atoms with van der Waals surface area (Å²) in [6.45, 7) is 2.01. The number of nitrogens with zero attached hydrogens (tertiary/aromatic N) is 1. The highest BCUT2D eigenvalue weighted by Gasteiger charge is 2.18. The summed E-state index contributed by atoms with van der Waals surface area (Å²) in [6, 6.07) is 8.59. The Bertz CT molecular complexity index is 640. The van der Waals surface area contributed by atoms with E-state index in [9.17, 15) is 9.59 Å². The van der Waals surface area contributed by atoms with Crippen molar-refractivity contribution in [3.8, 4) is 0 Å². The van der Waals surface area contributed by atoms with E-state index in [2.05, 4.69) is 10.3 Å². The van der Waals surface area contributed by atoms with Crippen LogP contribution in [-0.2, 0) is 22.4 Å². The number of hydrogen-bond donors (Lipinski definition) is 2. The number of nitrogens with one attached hydrogen (secondary N) is 1. The lowest BCUT2D eigenvalue weighted by atomic mass is 10.0. The van der Waals surface area contributed by atoms with Crippen molar-refractivity contribution in [1.82, 2.24) is 10.3 Å². The molecule has 5 nitrogen and oxygen atoms in total. The van der Waals surface area contributed by atoms with Gasteiger partial charge in [-0.25, -0.2) is 4.98 Å². The van der Waals surface area contributed by atoms with Crippen LogP contribution < -0.4 is 5.32 Å². The van der Waals surface area contributed by atoms with Crippen molar-refractivity contribution in [2.45, 2.75) is 32.2 Å². The van der Waals surface area contributed by atoms with Gasteiger partial charge in [-0.05, 0) is 12.0 Å². The summed E-state index contributed by atoms with van der Waals surface area (Å²) in [5.41, 5.74) is 1.51. The van der Waals surface area contributed by atoms with Crippen molar-refractivity contribution in [3.05, 3.63) is 52.0 Å². The van der Waals surface area contributed by atoms with Crippen LogP contribution in [0.2, 0.25) is 0 Å². The third-order valence-corrected chi connectivity index (χ3v) is 4.20. The fraction of sp³-hybridized carbons (Fsp3) is 0.312. The first-order valence-electron chi connectivity index (χ1n) is 7.08. The molecule has 0 aliphatic rings.